The van der Waals surface area contributed by atoms with Crippen molar-refractivity contribution in [2.45, 2.75) is 29.6 Å². The van der Waals surface area contributed by atoms with Gasteiger partial charge in [-0.05, 0) is 52.6 Å². The van der Waals surface area contributed by atoms with Gasteiger partial charge in [-0.25, -0.2) is 0 Å². The van der Waals surface area contributed by atoms with Crippen molar-refractivity contribution in [2.75, 3.05) is 25.1 Å². The summed E-state index contributed by atoms with van der Waals surface area (Å²) in [6.07, 6.45) is 0.690. The zero-order valence-corrected chi connectivity index (χ0v) is 27.4. The number of nitrogens with zero attached hydrogens (tertiary/aromatic N) is 1. The Kier molecular flexibility index (Phi) is 8.63. The summed E-state index contributed by atoms with van der Waals surface area (Å²) in [6, 6.07) is 29.2. The average Bonchev–Trinajstić information content (AvgIpc) is 3.59. The lowest BCUT2D eigenvalue weighted by Crippen LogP contribution is -2.52. The molecule has 1 spiro atoms. The van der Waals surface area contributed by atoms with Crippen LogP contribution in [0, 0.1) is 5.92 Å². The summed E-state index contributed by atoms with van der Waals surface area (Å²) in [5.74, 6) is -2.53. The van der Waals surface area contributed by atoms with E-state index < -0.39 is 53.4 Å². The van der Waals surface area contributed by atoms with Crippen LogP contribution in [-0.4, -0.2) is 53.7 Å². The summed E-state index contributed by atoms with van der Waals surface area (Å²) in [6.45, 7) is 3.57. The van der Waals surface area contributed by atoms with E-state index >= 15 is 0 Å². The topological polar surface area (TPSA) is 114 Å². The first-order chi connectivity index (χ1) is 23.4. The molecule has 244 valence electrons. The highest BCUT2D eigenvalue weighted by Gasteiger charge is 2.74. The number of hydrogen-bond acceptors (Lipinski definition) is 8. The van der Waals surface area contributed by atoms with Crippen LogP contribution in [0.15, 0.2) is 120 Å². The Morgan fingerprint density at radius 3 is 2.29 bits per heavy atom. The third kappa shape index (κ3) is 5.11. The van der Waals surface area contributed by atoms with Crippen LogP contribution in [0.4, 0.5) is 5.69 Å². The van der Waals surface area contributed by atoms with E-state index in [4.69, 9.17) is 14.2 Å². The second-order valence-electron chi connectivity index (χ2n) is 12.0. The number of anilines is 1. The minimum atomic E-state index is -1.62. The van der Waals surface area contributed by atoms with Gasteiger partial charge in [0.05, 0.1) is 18.7 Å². The normalized spacial score (nSPS) is 25.9. The van der Waals surface area contributed by atoms with E-state index in [1.807, 2.05) is 89.8 Å². The van der Waals surface area contributed by atoms with Crippen LogP contribution in [0.5, 0.6) is 5.75 Å². The summed E-state index contributed by atoms with van der Waals surface area (Å²) >= 11 is 3.59. The standard InChI is InChI=1S/C38H33BrN2O7/c1-2-20-47-35(43)30-32-36(44)48-33(24-11-7-4-8-12-24)31(23-9-5-3-6-10-23)41(32)34(25-13-16-27(17-14-25)46-21-19-42)38(30)28-22-26(39)15-18-29(28)40-37(38)45/h2-18,22,30-34,42H,1,19-21H2,(H,40,45)/t30-,31-,32-,33+,34?,38-/m1/s1. The van der Waals surface area contributed by atoms with E-state index in [0.717, 1.165) is 11.1 Å². The smallest absolute Gasteiger partial charge is 0.325 e. The lowest BCUT2D eigenvalue weighted by Gasteiger charge is -2.46. The van der Waals surface area contributed by atoms with Crippen LogP contribution in [0.25, 0.3) is 0 Å². The van der Waals surface area contributed by atoms with E-state index in [0.29, 0.717) is 27.0 Å². The first kappa shape index (κ1) is 31.8. The largest absolute Gasteiger partial charge is 0.491 e. The summed E-state index contributed by atoms with van der Waals surface area (Å²) < 4.78 is 18.4. The van der Waals surface area contributed by atoms with Gasteiger partial charge in [-0.15, -0.1) is 0 Å². The van der Waals surface area contributed by atoms with Gasteiger partial charge in [0.15, 0.2) is 0 Å². The molecule has 2 N–H and O–H groups in total. The van der Waals surface area contributed by atoms with Gasteiger partial charge in [0, 0.05) is 10.2 Å². The van der Waals surface area contributed by atoms with E-state index in [2.05, 4.69) is 27.8 Å². The minimum absolute atomic E-state index is 0.101. The van der Waals surface area contributed by atoms with Crippen LogP contribution in [0.3, 0.4) is 0 Å². The third-order valence-corrected chi connectivity index (χ3v) is 9.92. The Morgan fingerprint density at radius 2 is 1.62 bits per heavy atom. The number of rotatable bonds is 9. The fourth-order valence-electron chi connectivity index (χ4n) is 7.67. The fraction of sp³-hybridized carbons (Fsp3) is 0.237. The van der Waals surface area contributed by atoms with Crippen LogP contribution < -0.4 is 10.1 Å². The maximum atomic E-state index is 14.8. The van der Waals surface area contributed by atoms with Gasteiger partial charge in [-0.3, -0.25) is 19.3 Å². The molecule has 0 aromatic heterocycles. The molecule has 1 unspecified atom stereocenters. The molecule has 1 amide bonds. The number of carbonyl (C=O) groups is 3. The first-order valence-corrected chi connectivity index (χ1v) is 16.5. The molecule has 2 fully saturated rings. The molecule has 48 heavy (non-hydrogen) atoms. The highest BCUT2D eigenvalue weighted by Crippen LogP contribution is 2.65. The number of hydrogen-bond donors (Lipinski definition) is 2. The van der Waals surface area contributed by atoms with Crippen LogP contribution >= 0.6 is 15.9 Å². The summed E-state index contributed by atoms with van der Waals surface area (Å²) in [5, 5.41) is 12.4. The monoisotopic (exact) mass is 708 g/mol. The summed E-state index contributed by atoms with van der Waals surface area (Å²) in [4.78, 5) is 45.7. The van der Waals surface area contributed by atoms with Gasteiger partial charge in [0.2, 0.25) is 5.91 Å². The predicted molar refractivity (Wildman–Crippen MR) is 181 cm³/mol. The Balaban J connectivity index is 1.53. The van der Waals surface area contributed by atoms with Crippen molar-refractivity contribution >= 4 is 39.5 Å². The molecule has 0 aliphatic carbocycles. The molecule has 10 heteroatoms. The van der Waals surface area contributed by atoms with Gasteiger partial charge in [-0.1, -0.05) is 101 Å². The highest BCUT2D eigenvalue weighted by molar-refractivity contribution is 9.10. The fourth-order valence-corrected chi connectivity index (χ4v) is 8.03. The van der Waals surface area contributed by atoms with Crippen molar-refractivity contribution in [2.24, 2.45) is 5.92 Å². The number of fused-ring (bicyclic) bond motifs is 3. The van der Waals surface area contributed by atoms with Crippen molar-refractivity contribution in [1.82, 2.24) is 4.90 Å². The molecule has 0 radical (unpaired) electrons. The Hall–Kier alpha value is -4.77. The number of cyclic esters (lactones) is 1. The molecule has 6 atom stereocenters. The van der Waals surface area contributed by atoms with Crippen molar-refractivity contribution in [3.05, 3.63) is 143 Å². The van der Waals surface area contributed by atoms with Crippen molar-refractivity contribution < 1.29 is 33.7 Å². The molecule has 7 rings (SSSR count). The molecule has 3 aliphatic heterocycles. The maximum absolute atomic E-state index is 14.8. The van der Waals surface area contributed by atoms with Gasteiger partial charge in [0.1, 0.15) is 42.4 Å². The van der Waals surface area contributed by atoms with E-state index in [9.17, 15) is 19.5 Å². The van der Waals surface area contributed by atoms with E-state index in [1.54, 1.807) is 18.2 Å². The zero-order chi connectivity index (χ0) is 33.4. The number of amides is 1. The molecule has 0 bridgehead atoms. The number of halogens is 1. The quantitative estimate of drug-likeness (QED) is 0.165. The van der Waals surface area contributed by atoms with Crippen LogP contribution in [0.2, 0.25) is 0 Å². The Morgan fingerprint density at radius 1 is 0.938 bits per heavy atom. The molecule has 3 heterocycles. The molecular formula is C38H33BrN2O7. The summed E-state index contributed by atoms with van der Waals surface area (Å²) in [7, 11) is 0. The number of nitrogens with one attached hydrogen (secondary N) is 1. The molecule has 4 aromatic carbocycles. The number of esters is 2. The Labute approximate surface area is 286 Å². The van der Waals surface area contributed by atoms with Crippen LogP contribution in [-0.2, 0) is 29.3 Å². The number of carbonyl (C=O) groups excluding carboxylic acids is 3. The van der Waals surface area contributed by atoms with Crippen molar-refractivity contribution in [3.8, 4) is 5.75 Å². The molecule has 2 saturated heterocycles. The lowest BCUT2D eigenvalue weighted by molar-refractivity contribution is -0.180. The average molecular weight is 710 g/mol. The molecule has 3 aliphatic rings. The van der Waals surface area contributed by atoms with Crippen LogP contribution in [0.1, 0.15) is 40.4 Å². The Bertz CT molecular complexity index is 1850. The van der Waals surface area contributed by atoms with Crippen molar-refractivity contribution in [3.63, 3.8) is 0 Å². The molecule has 9 nitrogen and oxygen atoms in total. The maximum Gasteiger partial charge on any atom is 0.325 e. The molecule has 0 saturated carbocycles. The second-order valence-corrected chi connectivity index (χ2v) is 12.9. The number of morpholine rings is 1. The summed E-state index contributed by atoms with van der Waals surface area (Å²) in [5.41, 5.74) is 1.80. The number of aliphatic hydroxyl groups excluding tert-OH is 1. The highest BCUT2D eigenvalue weighted by atomic mass is 79.9. The third-order valence-electron chi connectivity index (χ3n) is 9.42. The first-order valence-electron chi connectivity index (χ1n) is 15.7. The SMILES string of the molecule is C=CCOC(=O)[C@H]1[C@@H]2C(=O)O[C@@H](c3ccccc3)[C@@H](c3ccccc3)N2C(c2ccc(OCCO)cc2)[C@]12C(=O)Nc1ccc(Br)cc12. The number of ether oxygens (including phenoxy) is 3. The van der Waals surface area contributed by atoms with Gasteiger partial charge in [0.25, 0.3) is 0 Å². The second kappa shape index (κ2) is 13.0. The van der Waals surface area contributed by atoms with Gasteiger partial charge >= 0.3 is 11.9 Å². The minimum Gasteiger partial charge on any atom is -0.491 e. The number of aliphatic hydroxyl groups is 1. The van der Waals surface area contributed by atoms with Gasteiger partial charge in [-0.2, -0.15) is 0 Å². The van der Waals surface area contributed by atoms with Gasteiger partial charge < -0.3 is 24.6 Å². The van der Waals surface area contributed by atoms with E-state index in [1.165, 1.54) is 6.08 Å². The number of benzene rings is 4. The molecular weight excluding hydrogens is 676 g/mol. The van der Waals surface area contributed by atoms with Crippen molar-refractivity contribution in [1.29, 1.82) is 0 Å². The predicted octanol–water partition coefficient (Wildman–Crippen LogP) is 5.82. The zero-order valence-electron chi connectivity index (χ0n) is 25.8. The molecule has 4 aromatic rings. The van der Waals surface area contributed by atoms with E-state index in [-0.39, 0.29) is 19.8 Å². The lowest BCUT2D eigenvalue weighted by atomic mass is 9.65.